The average molecular weight is 366 g/mol. The lowest BCUT2D eigenvalue weighted by Gasteiger charge is -2.26. The Morgan fingerprint density at radius 2 is 1.96 bits per heavy atom. The second-order valence-corrected chi connectivity index (χ2v) is 7.47. The van der Waals surface area contributed by atoms with Gasteiger partial charge in [0.1, 0.15) is 5.82 Å². The van der Waals surface area contributed by atoms with Crippen LogP contribution in [0.2, 0.25) is 0 Å². The molecule has 26 heavy (non-hydrogen) atoms. The molecule has 1 atom stereocenters. The molecule has 0 saturated heterocycles. The van der Waals surface area contributed by atoms with Gasteiger partial charge in [0.2, 0.25) is 0 Å². The molecule has 0 bridgehead atoms. The molecule has 0 radical (unpaired) electrons. The van der Waals surface area contributed by atoms with Crippen LogP contribution in [0.25, 0.3) is 10.8 Å². The molecule has 0 unspecified atom stereocenters. The van der Waals surface area contributed by atoms with Gasteiger partial charge in [0.25, 0.3) is 0 Å². The van der Waals surface area contributed by atoms with Crippen molar-refractivity contribution >= 4 is 28.6 Å². The Morgan fingerprint density at radius 1 is 1.12 bits per heavy atom. The van der Waals surface area contributed by atoms with E-state index in [1.165, 1.54) is 12.1 Å². The number of carbonyl (C=O) groups excluding carboxylic acids is 1. The summed E-state index contributed by atoms with van der Waals surface area (Å²) in [6.45, 7) is 0.449. The largest absolute Gasteiger partial charge is 0.334 e. The monoisotopic (exact) mass is 366 g/mol. The van der Waals surface area contributed by atoms with Crippen molar-refractivity contribution in [2.24, 2.45) is 0 Å². The summed E-state index contributed by atoms with van der Waals surface area (Å²) in [5, 5.41) is 8.21. The smallest absolute Gasteiger partial charge is 0.315 e. The molecule has 3 aromatic carbocycles. The van der Waals surface area contributed by atoms with Crippen molar-refractivity contribution in [2.45, 2.75) is 23.9 Å². The number of urea groups is 1. The Morgan fingerprint density at radius 3 is 2.88 bits per heavy atom. The number of nitrogens with one attached hydrogen (secondary N) is 2. The van der Waals surface area contributed by atoms with Crippen molar-refractivity contribution in [3.63, 3.8) is 0 Å². The number of amides is 2. The van der Waals surface area contributed by atoms with Crippen LogP contribution in [0, 0.1) is 5.82 Å². The molecular formula is C21H19FN2OS. The zero-order chi connectivity index (χ0) is 17.9. The Balaban J connectivity index is 1.44. The van der Waals surface area contributed by atoms with Crippen LogP contribution < -0.4 is 10.6 Å². The molecule has 132 valence electrons. The topological polar surface area (TPSA) is 41.1 Å². The van der Waals surface area contributed by atoms with E-state index in [0.717, 1.165) is 39.0 Å². The second kappa shape index (κ2) is 7.38. The van der Waals surface area contributed by atoms with E-state index in [1.54, 1.807) is 17.8 Å². The highest BCUT2D eigenvalue weighted by atomic mass is 32.2. The number of halogens is 1. The van der Waals surface area contributed by atoms with E-state index in [1.807, 2.05) is 24.3 Å². The Labute approximate surface area is 156 Å². The van der Waals surface area contributed by atoms with Gasteiger partial charge in [-0.05, 0) is 46.5 Å². The van der Waals surface area contributed by atoms with Crippen LogP contribution in [0.15, 0.2) is 65.6 Å². The second-order valence-electron chi connectivity index (χ2n) is 6.34. The van der Waals surface area contributed by atoms with Gasteiger partial charge in [-0.25, -0.2) is 9.18 Å². The standard InChI is InChI=1S/C21H19FN2OS/c22-16-8-9-20-18(12-16)19(10-11-26-20)24-21(25)23-13-15-6-3-5-14-4-1-2-7-17(14)15/h1-9,12,19H,10-11,13H2,(H2,23,24,25)/t19-/m1/s1. The van der Waals surface area contributed by atoms with Crippen LogP contribution in [0.5, 0.6) is 0 Å². The lowest BCUT2D eigenvalue weighted by Crippen LogP contribution is -2.38. The summed E-state index contributed by atoms with van der Waals surface area (Å²) in [4.78, 5) is 13.4. The van der Waals surface area contributed by atoms with Gasteiger partial charge < -0.3 is 10.6 Å². The van der Waals surface area contributed by atoms with Gasteiger partial charge in [0, 0.05) is 17.2 Å². The number of carbonyl (C=O) groups is 1. The van der Waals surface area contributed by atoms with Gasteiger partial charge >= 0.3 is 6.03 Å². The Hall–Kier alpha value is -2.53. The number of thioether (sulfide) groups is 1. The minimum Gasteiger partial charge on any atom is -0.334 e. The minimum atomic E-state index is -0.269. The van der Waals surface area contributed by atoms with E-state index in [0.29, 0.717) is 6.54 Å². The van der Waals surface area contributed by atoms with Crippen LogP contribution >= 0.6 is 11.8 Å². The average Bonchev–Trinajstić information content (AvgIpc) is 2.67. The third-order valence-electron chi connectivity index (χ3n) is 4.64. The van der Waals surface area contributed by atoms with Crippen molar-refractivity contribution in [1.82, 2.24) is 10.6 Å². The van der Waals surface area contributed by atoms with Crippen molar-refractivity contribution in [1.29, 1.82) is 0 Å². The predicted molar refractivity (Wildman–Crippen MR) is 104 cm³/mol. The Kier molecular flexibility index (Phi) is 4.80. The number of rotatable bonds is 3. The van der Waals surface area contributed by atoms with E-state index in [2.05, 4.69) is 28.8 Å². The van der Waals surface area contributed by atoms with Crippen molar-refractivity contribution in [3.05, 3.63) is 77.6 Å². The fraction of sp³-hybridized carbons (Fsp3) is 0.190. The summed E-state index contributed by atoms with van der Waals surface area (Å²) in [7, 11) is 0. The van der Waals surface area contributed by atoms with E-state index in [4.69, 9.17) is 0 Å². The van der Waals surface area contributed by atoms with E-state index in [9.17, 15) is 9.18 Å². The summed E-state index contributed by atoms with van der Waals surface area (Å²) in [5.74, 6) is 0.640. The molecule has 5 heteroatoms. The first-order valence-corrected chi connectivity index (χ1v) is 9.62. The van der Waals surface area contributed by atoms with Crippen LogP contribution in [0.3, 0.4) is 0 Å². The highest BCUT2D eigenvalue weighted by Crippen LogP contribution is 2.36. The summed E-state index contributed by atoms with van der Waals surface area (Å²) in [6.07, 6.45) is 0.794. The quantitative estimate of drug-likeness (QED) is 0.684. The first-order chi connectivity index (χ1) is 12.7. The van der Waals surface area contributed by atoms with E-state index < -0.39 is 0 Å². The van der Waals surface area contributed by atoms with Crippen molar-refractivity contribution < 1.29 is 9.18 Å². The molecule has 1 heterocycles. The van der Waals surface area contributed by atoms with Crippen LogP contribution in [-0.2, 0) is 6.54 Å². The molecule has 1 aliphatic rings. The number of fused-ring (bicyclic) bond motifs is 2. The van der Waals surface area contributed by atoms with Gasteiger partial charge in [-0.1, -0.05) is 42.5 Å². The maximum absolute atomic E-state index is 13.6. The summed E-state index contributed by atoms with van der Waals surface area (Å²) < 4.78 is 13.6. The van der Waals surface area contributed by atoms with Gasteiger partial charge in [-0.3, -0.25) is 0 Å². The first-order valence-electron chi connectivity index (χ1n) is 8.64. The molecule has 2 N–H and O–H groups in total. The molecule has 0 aliphatic carbocycles. The maximum Gasteiger partial charge on any atom is 0.315 e. The molecule has 0 saturated carbocycles. The normalized spacial score (nSPS) is 16.1. The third kappa shape index (κ3) is 3.53. The molecule has 0 fully saturated rings. The Bertz CT molecular complexity index is 954. The molecule has 1 aliphatic heterocycles. The van der Waals surface area contributed by atoms with Crippen molar-refractivity contribution in [3.8, 4) is 0 Å². The molecule has 0 aromatic heterocycles. The van der Waals surface area contributed by atoms with Crippen LogP contribution in [0.1, 0.15) is 23.6 Å². The fourth-order valence-corrected chi connectivity index (χ4v) is 4.45. The number of hydrogen-bond acceptors (Lipinski definition) is 2. The van der Waals surface area contributed by atoms with Crippen molar-refractivity contribution in [2.75, 3.05) is 5.75 Å². The zero-order valence-electron chi connectivity index (χ0n) is 14.2. The lowest BCUT2D eigenvalue weighted by molar-refractivity contribution is 0.236. The summed E-state index contributed by atoms with van der Waals surface area (Å²) in [6, 6.07) is 18.6. The van der Waals surface area contributed by atoms with Gasteiger partial charge in [-0.2, -0.15) is 0 Å². The lowest BCUT2D eigenvalue weighted by atomic mass is 10.0. The SMILES string of the molecule is O=C(NCc1cccc2ccccc12)N[C@@H]1CCSc2ccc(F)cc21. The number of benzene rings is 3. The molecule has 3 aromatic rings. The van der Waals surface area contributed by atoms with Gasteiger partial charge in [-0.15, -0.1) is 11.8 Å². The van der Waals surface area contributed by atoms with E-state index in [-0.39, 0.29) is 17.9 Å². The van der Waals surface area contributed by atoms with Crippen LogP contribution in [0.4, 0.5) is 9.18 Å². The highest BCUT2D eigenvalue weighted by Gasteiger charge is 2.22. The zero-order valence-corrected chi connectivity index (χ0v) is 15.0. The summed E-state index contributed by atoms with van der Waals surface area (Å²) >= 11 is 1.70. The molecule has 4 rings (SSSR count). The third-order valence-corrected chi connectivity index (χ3v) is 5.76. The molecular weight excluding hydrogens is 347 g/mol. The van der Waals surface area contributed by atoms with Gasteiger partial charge in [0.15, 0.2) is 0 Å². The maximum atomic E-state index is 13.6. The molecule has 2 amide bonds. The molecule has 3 nitrogen and oxygen atoms in total. The summed E-state index contributed by atoms with van der Waals surface area (Å²) in [5.41, 5.74) is 1.94. The number of hydrogen-bond donors (Lipinski definition) is 2. The van der Waals surface area contributed by atoms with Gasteiger partial charge in [0.05, 0.1) is 6.04 Å². The van der Waals surface area contributed by atoms with E-state index >= 15 is 0 Å². The molecule has 0 spiro atoms. The fourth-order valence-electron chi connectivity index (χ4n) is 3.35. The van der Waals surface area contributed by atoms with Crippen LogP contribution in [-0.4, -0.2) is 11.8 Å². The first kappa shape index (κ1) is 16.9. The highest BCUT2D eigenvalue weighted by molar-refractivity contribution is 7.99. The predicted octanol–water partition coefficient (Wildman–Crippen LogP) is 5.02. The minimum absolute atomic E-state index is 0.158.